The Balaban J connectivity index is 0.00000225. The molecule has 0 aliphatic carbocycles. The van der Waals surface area contributed by atoms with Gasteiger partial charge >= 0.3 is 0 Å². The molecule has 2 aliphatic rings. The highest BCUT2D eigenvalue weighted by atomic mass is 35.5. The van der Waals surface area contributed by atoms with Gasteiger partial charge in [0.25, 0.3) is 11.8 Å². The van der Waals surface area contributed by atoms with Gasteiger partial charge in [0.1, 0.15) is 0 Å². The Kier molecular flexibility index (Phi) is 6.10. The average molecular weight is 405 g/mol. The number of rotatable bonds is 2. The van der Waals surface area contributed by atoms with Crippen molar-refractivity contribution >= 4 is 18.3 Å². The summed E-state index contributed by atoms with van der Waals surface area (Å²) < 4.78 is 5.50. The lowest BCUT2D eigenvalue weighted by atomic mass is 9.92. The number of hydrogen-bond acceptors (Lipinski definition) is 5. The molecule has 1 aromatic heterocycles. The van der Waals surface area contributed by atoms with Gasteiger partial charge in [0.05, 0.1) is 11.1 Å². The third kappa shape index (κ3) is 4.08. The minimum Gasteiger partial charge on any atom is -0.339 e. The van der Waals surface area contributed by atoms with Gasteiger partial charge in [-0.25, -0.2) is 0 Å². The third-order valence-electron chi connectivity index (χ3n) is 5.79. The number of carbonyl (C=O) groups is 1. The van der Waals surface area contributed by atoms with Crippen LogP contribution in [0.3, 0.4) is 0 Å². The molecule has 2 saturated heterocycles. The van der Waals surface area contributed by atoms with Gasteiger partial charge in [-0.2, -0.15) is 4.98 Å². The molecule has 1 amide bonds. The summed E-state index contributed by atoms with van der Waals surface area (Å²) >= 11 is 0. The number of aromatic nitrogens is 2. The zero-order chi connectivity index (χ0) is 19.0. The van der Waals surface area contributed by atoms with E-state index < -0.39 is 0 Å². The van der Waals surface area contributed by atoms with Crippen LogP contribution in [0.5, 0.6) is 0 Å². The van der Waals surface area contributed by atoms with Crippen molar-refractivity contribution in [3.05, 3.63) is 35.7 Å². The van der Waals surface area contributed by atoms with Gasteiger partial charge in [-0.15, -0.1) is 12.4 Å². The molecule has 4 rings (SSSR count). The van der Waals surface area contributed by atoms with Crippen molar-refractivity contribution in [1.29, 1.82) is 0 Å². The monoisotopic (exact) mass is 404 g/mol. The Morgan fingerprint density at radius 1 is 1.14 bits per heavy atom. The Labute approximate surface area is 172 Å². The second-order valence-electron chi connectivity index (χ2n) is 8.77. The largest absolute Gasteiger partial charge is 0.339 e. The molecule has 2 aliphatic heterocycles. The number of likely N-dealkylation sites (tertiary alicyclic amines) is 1. The highest BCUT2D eigenvalue weighted by molar-refractivity contribution is 6.00. The van der Waals surface area contributed by atoms with Gasteiger partial charge in [-0.3, -0.25) is 4.79 Å². The molecule has 2 atom stereocenters. The van der Waals surface area contributed by atoms with E-state index in [4.69, 9.17) is 4.52 Å². The van der Waals surface area contributed by atoms with E-state index in [2.05, 4.69) is 15.5 Å². The molecule has 7 heteroatoms. The molecule has 1 N–H and O–H groups in total. The summed E-state index contributed by atoms with van der Waals surface area (Å²) in [6.45, 7) is 9.92. The quantitative estimate of drug-likeness (QED) is 0.829. The van der Waals surface area contributed by atoms with Crippen LogP contribution in [0.4, 0.5) is 0 Å². The molecular formula is C21H29ClN4O2. The van der Waals surface area contributed by atoms with E-state index in [-0.39, 0.29) is 23.7 Å². The lowest BCUT2D eigenvalue weighted by molar-refractivity contribution is 0.0759. The van der Waals surface area contributed by atoms with Crippen molar-refractivity contribution in [2.75, 3.05) is 26.2 Å². The maximum absolute atomic E-state index is 13.3. The SMILES string of the molecule is CC(C)(C)c1noc(-c2ccccc2C(=O)N2CC[C@@H]3CNC[C@@H]3CC2)n1.Cl. The fourth-order valence-corrected chi connectivity index (χ4v) is 4.09. The van der Waals surface area contributed by atoms with E-state index in [9.17, 15) is 4.79 Å². The molecule has 1 aromatic carbocycles. The molecule has 152 valence electrons. The summed E-state index contributed by atoms with van der Waals surface area (Å²) in [5.74, 6) is 2.52. The summed E-state index contributed by atoms with van der Waals surface area (Å²) in [5.41, 5.74) is 1.17. The molecule has 3 heterocycles. The fourth-order valence-electron chi connectivity index (χ4n) is 4.09. The van der Waals surface area contributed by atoms with Crippen LogP contribution < -0.4 is 5.32 Å². The van der Waals surface area contributed by atoms with Gasteiger partial charge < -0.3 is 14.7 Å². The second kappa shape index (κ2) is 8.21. The van der Waals surface area contributed by atoms with Crippen molar-refractivity contribution in [3.63, 3.8) is 0 Å². The lowest BCUT2D eigenvalue weighted by Gasteiger charge is -2.22. The number of fused-ring (bicyclic) bond motifs is 1. The smallest absolute Gasteiger partial charge is 0.258 e. The van der Waals surface area contributed by atoms with Crippen LogP contribution in [-0.4, -0.2) is 47.1 Å². The standard InChI is InChI=1S/C21H28N4O2.ClH/c1-21(2,3)20-23-18(27-24-20)16-6-4-5-7-17(16)19(26)25-10-8-14-12-22-13-15(14)9-11-25;/h4-7,14-15,22H,8-13H2,1-3H3;1H/t14-,15+;. The first-order valence-corrected chi connectivity index (χ1v) is 9.87. The number of carbonyl (C=O) groups excluding carboxylic acids is 1. The van der Waals surface area contributed by atoms with E-state index in [0.717, 1.165) is 44.6 Å². The average Bonchev–Trinajstić information content (AvgIpc) is 3.27. The Bertz CT molecular complexity index is 816. The Morgan fingerprint density at radius 2 is 1.79 bits per heavy atom. The normalized spacial score (nSPS) is 22.3. The number of benzene rings is 1. The van der Waals surface area contributed by atoms with Crippen LogP contribution in [0, 0.1) is 11.8 Å². The van der Waals surface area contributed by atoms with E-state index >= 15 is 0 Å². The van der Waals surface area contributed by atoms with E-state index in [1.807, 2.05) is 49.9 Å². The number of amides is 1. The van der Waals surface area contributed by atoms with Gasteiger partial charge in [0.15, 0.2) is 5.82 Å². The molecule has 0 saturated carbocycles. The molecule has 0 bridgehead atoms. The molecule has 0 spiro atoms. The zero-order valence-corrected chi connectivity index (χ0v) is 17.6. The number of nitrogens with one attached hydrogen (secondary N) is 1. The molecule has 2 fully saturated rings. The molecule has 0 radical (unpaired) electrons. The van der Waals surface area contributed by atoms with Crippen LogP contribution in [0.25, 0.3) is 11.5 Å². The molecule has 6 nitrogen and oxygen atoms in total. The summed E-state index contributed by atoms with van der Waals surface area (Å²) in [5, 5.41) is 7.59. The van der Waals surface area contributed by atoms with Gasteiger partial charge in [-0.05, 0) is 49.9 Å². The first-order valence-electron chi connectivity index (χ1n) is 9.87. The van der Waals surface area contributed by atoms with Gasteiger partial charge in [0.2, 0.25) is 0 Å². The Morgan fingerprint density at radius 3 is 2.39 bits per heavy atom. The summed E-state index contributed by atoms with van der Waals surface area (Å²) in [6, 6.07) is 7.56. The summed E-state index contributed by atoms with van der Waals surface area (Å²) in [7, 11) is 0. The van der Waals surface area contributed by atoms with Crippen molar-refractivity contribution in [1.82, 2.24) is 20.4 Å². The van der Waals surface area contributed by atoms with Crippen LogP contribution >= 0.6 is 12.4 Å². The second-order valence-corrected chi connectivity index (χ2v) is 8.77. The minimum absolute atomic E-state index is 0. The van der Waals surface area contributed by atoms with Crippen molar-refractivity contribution in [2.24, 2.45) is 11.8 Å². The van der Waals surface area contributed by atoms with Crippen LogP contribution in [0.15, 0.2) is 28.8 Å². The molecule has 2 aromatic rings. The van der Waals surface area contributed by atoms with E-state index in [1.54, 1.807) is 0 Å². The van der Waals surface area contributed by atoms with Crippen molar-refractivity contribution < 1.29 is 9.32 Å². The summed E-state index contributed by atoms with van der Waals surface area (Å²) in [4.78, 5) is 19.8. The van der Waals surface area contributed by atoms with Crippen LogP contribution in [0.2, 0.25) is 0 Å². The third-order valence-corrected chi connectivity index (χ3v) is 5.79. The number of halogens is 1. The van der Waals surface area contributed by atoms with Gasteiger partial charge in [-0.1, -0.05) is 38.1 Å². The summed E-state index contributed by atoms with van der Waals surface area (Å²) in [6.07, 6.45) is 2.14. The number of hydrogen-bond donors (Lipinski definition) is 1. The van der Waals surface area contributed by atoms with Gasteiger partial charge in [0, 0.05) is 18.5 Å². The van der Waals surface area contributed by atoms with Crippen molar-refractivity contribution in [2.45, 2.75) is 39.0 Å². The molecular weight excluding hydrogens is 376 g/mol. The maximum Gasteiger partial charge on any atom is 0.258 e. The van der Waals surface area contributed by atoms with Crippen LogP contribution in [0.1, 0.15) is 49.8 Å². The first kappa shape index (κ1) is 20.8. The maximum atomic E-state index is 13.3. The molecule has 28 heavy (non-hydrogen) atoms. The minimum atomic E-state index is -0.197. The highest BCUT2D eigenvalue weighted by Gasteiger charge is 2.32. The Hall–Kier alpha value is -1.92. The van der Waals surface area contributed by atoms with Crippen molar-refractivity contribution in [3.8, 4) is 11.5 Å². The topological polar surface area (TPSA) is 71.3 Å². The van der Waals surface area contributed by atoms with E-state index in [1.165, 1.54) is 0 Å². The lowest BCUT2D eigenvalue weighted by Crippen LogP contribution is -2.33. The molecule has 0 unspecified atom stereocenters. The fraction of sp³-hybridized carbons (Fsp3) is 0.571. The number of nitrogens with zero attached hydrogens (tertiary/aromatic N) is 3. The predicted octanol–water partition coefficient (Wildman–Crippen LogP) is 3.53. The first-order chi connectivity index (χ1) is 12.9. The zero-order valence-electron chi connectivity index (χ0n) is 16.8. The van der Waals surface area contributed by atoms with Crippen LogP contribution in [-0.2, 0) is 5.41 Å². The van der Waals surface area contributed by atoms with E-state index in [0.29, 0.717) is 29.1 Å². The predicted molar refractivity (Wildman–Crippen MR) is 111 cm³/mol. The highest BCUT2D eigenvalue weighted by Crippen LogP contribution is 2.30.